The molecule has 0 atom stereocenters. The summed E-state index contributed by atoms with van der Waals surface area (Å²) in [4.78, 5) is 15.4. The van der Waals surface area contributed by atoms with E-state index in [1.54, 1.807) is 6.20 Å². The smallest absolute Gasteiger partial charge is 0.310 e. The number of pyridine rings is 1. The van der Waals surface area contributed by atoms with Crippen molar-refractivity contribution in [3.05, 3.63) is 42.1 Å². The highest BCUT2D eigenvalue weighted by Crippen LogP contribution is 2.16. The Balaban J connectivity index is 2.46. The normalized spacial score (nSPS) is 10.2. The van der Waals surface area contributed by atoms with E-state index in [1.165, 1.54) is 7.11 Å². The van der Waals surface area contributed by atoms with E-state index >= 15 is 0 Å². The lowest BCUT2D eigenvalue weighted by Gasteiger charge is -2.04. The number of fused-ring (bicyclic) bond motifs is 1. The highest BCUT2D eigenvalue weighted by atomic mass is 16.5. The molecule has 0 saturated carbocycles. The average molecular weight is 201 g/mol. The van der Waals surface area contributed by atoms with E-state index in [9.17, 15) is 4.79 Å². The maximum Gasteiger partial charge on any atom is 0.310 e. The van der Waals surface area contributed by atoms with Gasteiger partial charge in [0.2, 0.25) is 0 Å². The van der Waals surface area contributed by atoms with Crippen molar-refractivity contribution in [2.45, 2.75) is 6.42 Å². The molecule has 1 aromatic heterocycles. The zero-order valence-electron chi connectivity index (χ0n) is 8.43. The molecule has 0 spiro atoms. The molecule has 2 aromatic rings. The highest BCUT2D eigenvalue weighted by molar-refractivity contribution is 5.86. The van der Waals surface area contributed by atoms with Gasteiger partial charge < -0.3 is 4.74 Å². The second-order valence-electron chi connectivity index (χ2n) is 3.24. The lowest BCUT2D eigenvalue weighted by atomic mass is 10.1. The zero-order chi connectivity index (χ0) is 10.7. The quantitative estimate of drug-likeness (QED) is 0.697. The summed E-state index contributed by atoms with van der Waals surface area (Å²) < 4.78 is 4.64. The Hall–Kier alpha value is -1.90. The third-order valence-corrected chi connectivity index (χ3v) is 2.30. The van der Waals surface area contributed by atoms with Gasteiger partial charge in [-0.25, -0.2) is 0 Å². The first-order valence-electron chi connectivity index (χ1n) is 4.70. The van der Waals surface area contributed by atoms with Gasteiger partial charge in [0.05, 0.1) is 19.0 Å². The van der Waals surface area contributed by atoms with Crippen LogP contribution >= 0.6 is 0 Å². The fourth-order valence-electron chi connectivity index (χ4n) is 1.55. The molecular formula is C12H11NO2. The van der Waals surface area contributed by atoms with E-state index < -0.39 is 0 Å². The molecule has 0 fully saturated rings. The molecule has 0 radical (unpaired) electrons. The van der Waals surface area contributed by atoms with Gasteiger partial charge in [-0.05, 0) is 17.7 Å². The predicted molar refractivity (Wildman–Crippen MR) is 57.5 cm³/mol. The summed E-state index contributed by atoms with van der Waals surface area (Å²) >= 11 is 0. The van der Waals surface area contributed by atoms with E-state index in [0.717, 1.165) is 16.5 Å². The van der Waals surface area contributed by atoms with Crippen LogP contribution in [0.5, 0.6) is 0 Å². The van der Waals surface area contributed by atoms with Crippen molar-refractivity contribution in [2.75, 3.05) is 7.11 Å². The molecule has 0 aliphatic rings. The number of esters is 1. The third-order valence-electron chi connectivity index (χ3n) is 2.30. The Labute approximate surface area is 87.7 Å². The number of ether oxygens (including phenoxy) is 1. The van der Waals surface area contributed by atoms with Crippen molar-refractivity contribution in [1.29, 1.82) is 0 Å². The van der Waals surface area contributed by atoms with Crippen molar-refractivity contribution >= 4 is 16.9 Å². The molecule has 15 heavy (non-hydrogen) atoms. The highest BCUT2D eigenvalue weighted by Gasteiger charge is 2.06. The number of benzene rings is 1. The van der Waals surface area contributed by atoms with Crippen molar-refractivity contribution < 1.29 is 9.53 Å². The molecule has 0 N–H and O–H groups in total. The van der Waals surface area contributed by atoms with Crippen LogP contribution in [-0.2, 0) is 16.0 Å². The second kappa shape index (κ2) is 4.09. The molecule has 0 saturated heterocycles. The number of carbonyl (C=O) groups is 1. The minimum absolute atomic E-state index is 0.230. The van der Waals surface area contributed by atoms with Gasteiger partial charge in [0.25, 0.3) is 0 Å². The molecule has 0 aliphatic heterocycles. The van der Waals surface area contributed by atoms with Crippen LogP contribution in [-0.4, -0.2) is 18.1 Å². The van der Waals surface area contributed by atoms with Gasteiger partial charge in [0.15, 0.2) is 0 Å². The SMILES string of the molecule is COC(=O)Cc1cccc2ncccc12. The zero-order valence-corrected chi connectivity index (χ0v) is 8.43. The lowest BCUT2D eigenvalue weighted by Crippen LogP contribution is -2.04. The van der Waals surface area contributed by atoms with Crippen LogP contribution in [0.1, 0.15) is 5.56 Å². The second-order valence-corrected chi connectivity index (χ2v) is 3.24. The van der Waals surface area contributed by atoms with Crippen molar-refractivity contribution in [1.82, 2.24) is 4.98 Å². The van der Waals surface area contributed by atoms with Crippen LogP contribution in [0.4, 0.5) is 0 Å². The molecule has 1 heterocycles. The summed E-state index contributed by atoms with van der Waals surface area (Å²) in [6.07, 6.45) is 2.03. The van der Waals surface area contributed by atoms with Crippen LogP contribution in [0.25, 0.3) is 10.9 Å². The number of hydrogen-bond donors (Lipinski definition) is 0. The standard InChI is InChI=1S/C12H11NO2/c1-15-12(14)8-9-4-2-6-11-10(9)5-3-7-13-11/h2-7H,8H2,1H3. The maximum absolute atomic E-state index is 11.2. The van der Waals surface area contributed by atoms with Gasteiger partial charge >= 0.3 is 5.97 Å². The van der Waals surface area contributed by atoms with Gasteiger partial charge in [0, 0.05) is 11.6 Å². The molecule has 1 aromatic carbocycles. The fraction of sp³-hybridized carbons (Fsp3) is 0.167. The maximum atomic E-state index is 11.2. The molecular weight excluding hydrogens is 190 g/mol. The lowest BCUT2D eigenvalue weighted by molar-refractivity contribution is -0.139. The largest absolute Gasteiger partial charge is 0.469 e. The first-order chi connectivity index (χ1) is 7.31. The van der Waals surface area contributed by atoms with Gasteiger partial charge in [-0.2, -0.15) is 0 Å². The first kappa shape index (κ1) is 9.65. The minimum atomic E-state index is -0.230. The first-order valence-corrected chi connectivity index (χ1v) is 4.70. The molecule has 0 aliphatic carbocycles. The minimum Gasteiger partial charge on any atom is -0.469 e. The fourth-order valence-corrected chi connectivity index (χ4v) is 1.55. The number of aromatic nitrogens is 1. The summed E-state index contributed by atoms with van der Waals surface area (Å²) in [5.74, 6) is -0.230. The van der Waals surface area contributed by atoms with Gasteiger partial charge in [-0.1, -0.05) is 18.2 Å². The molecule has 2 rings (SSSR count). The summed E-state index contributed by atoms with van der Waals surface area (Å²) in [6, 6.07) is 9.56. The van der Waals surface area contributed by atoms with Crippen LogP contribution in [0.2, 0.25) is 0 Å². The van der Waals surface area contributed by atoms with Crippen LogP contribution in [0.15, 0.2) is 36.5 Å². The van der Waals surface area contributed by atoms with Crippen LogP contribution in [0, 0.1) is 0 Å². The Morgan fingerprint density at radius 1 is 1.33 bits per heavy atom. The molecule has 0 amide bonds. The van der Waals surface area contributed by atoms with Crippen molar-refractivity contribution in [3.63, 3.8) is 0 Å². The number of carbonyl (C=O) groups excluding carboxylic acids is 1. The number of methoxy groups -OCH3 is 1. The molecule has 76 valence electrons. The summed E-state index contributed by atoms with van der Waals surface area (Å²) in [6.45, 7) is 0. The van der Waals surface area contributed by atoms with Gasteiger partial charge in [0.1, 0.15) is 0 Å². The van der Waals surface area contributed by atoms with Crippen LogP contribution in [0.3, 0.4) is 0 Å². The Bertz CT molecular complexity index is 488. The topological polar surface area (TPSA) is 39.2 Å². The van der Waals surface area contributed by atoms with E-state index in [-0.39, 0.29) is 5.97 Å². The van der Waals surface area contributed by atoms with E-state index in [4.69, 9.17) is 0 Å². The Morgan fingerprint density at radius 2 is 2.20 bits per heavy atom. The molecule has 0 unspecified atom stereocenters. The van der Waals surface area contributed by atoms with Crippen LogP contribution < -0.4 is 0 Å². The third kappa shape index (κ3) is 1.96. The Morgan fingerprint density at radius 3 is 3.00 bits per heavy atom. The summed E-state index contributed by atoms with van der Waals surface area (Å²) in [5, 5.41) is 1.01. The monoisotopic (exact) mass is 201 g/mol. The van der Waals surface area contributed by atoms with Crippen molar-refractivity contribution in [2.24, 2.45) is 0 Å². The average Bonchev–Trinajstić information content (AvgIpc) is 2.29. The summed E-state index contributed by atoms with van der Waals surface area (Å²) in [7, 11) is 1.39. The number of rotatable bonds is 2. The van der Waals surface area contributed by atoms with E-state index in [0.29, 0.717) is 6.42 Å². The van der Waals surface area contributed by atoms with Crippen molar-refractivity contribution in [3.8, 4) is 0 Å². The van der Waals surface area contributed by atoms with E-state index in [1.807, 2.05) is 30.3 Å². The molecule has 0 bridgehead atoms. The molecule has 3 heteroatoms. The Kier molecular flexibility index (Phi) is 2.63. The van der Waals surface area contributed by atoms with Gasteiger partial charge in [-0.3, -0.25) is 9.78 Å². The number of nitrogens with zero attached hydrogens (tertiary/aromatic N) is 1. The predicted octanol–water partition coefficient (Wildman–Crippen LogP) is 1.95. The van der Waals surface area contributed by atoms with E-state index in [2.05, 4.69) is 9.72 Å². The summed E-state index contributed by atoms with van der Waals surface area (Å²) in [5.41, 5.74) is 1.85. The number of hydrogen-bond acceptors (Lipinski definition) is 3. The molecule has 3 nitrogen and oxygen atoms in total. The van der Waals surface area contributed by atoms with Gasteiger partial charge in [-0.15, -0.1) is 0 Å².